The Morgan fingerprint density at radius 3 is 2.96 bits per heavy atom. The van der Waals surface area contributed by atoms with Crippen LogP contribution in [0.1, 0.15) is 0 Å². The number of rotatable bonds is 4. The van der Waals surface area contributed by atoms with Crippen molar-refractivity contribution in [2.24, 2.45) is 0 Å². The Balaban J connectivity index is 1.62. The zero-order valence-electron chi connectivity index (χ0n) is 12.4. The molecule has 0 bridgehead atoms. The quantitative estimate of drug-likeness (QED) is 0.596. The predicted octanol–water partition coefficient (Wildman–Crippen LogP) is 3.97. The van der Waals surface area contributed by atoms with Crippen LogP contribution in [0.15, 0.2) is 59.3 Å². The van der Waals surface area contributed by atoms with Gasteiger partial charge in [-0.05, 0) is 30.3 Å². The van der Waals surface area contributed by atoms with Crippen molar-refractivity contribution < 1.29 is 9.15 Å². The third kappa shape index (κ3) is 2.50. The number of para-hydroxylation sites is 1. The minimum Gasteiger partial charge on any atom is -0.496 e. The summed E-state index contributed by atoms with van der Waals surface area (Å²) < 4.78 is 11.1. The third-order valence-corrected chi connectivity index (χ3v) is 3.57. The van der Waals surface area contributed by atoms with Crippen LogP contribution in [0.25, 0.3) is 22.2 Å². The predicted molar refractivity (Wildman–Crippen MR) is 87.9 cm³/mol. The van der Waals surface area contributed by atoms with Gasteiger partial charge in [-0.25, -0.2) is 4.98 Å². The summed E-state index contributed by atoms with van der Waals surface area (Å²) in [4.78, 5) is 4.27. The minimum absolute atomic E-state index is 0.425. The van der Waals surface area contributed by atoms with E-state index in [4.69, 9.17) is 9.15 Å². The molecule has 0 spiro atoms. The first-order valence-corrected chi connectivity index (χ1v) is 7.13. The second-order valence-electron chi connectivity index (χ2n) is 5.03. The Labute approximate surface area is 132 Å². The maximum Gasteiger partial charge on any atom is 0.299 e. The van der Waals surface area contributed by atoms with E-state index in [1.807, 2.05) is 42.5 Å². The van der Waals surface area contributed by atoms with Crippen molar-refractivity contribution in [2.75, 3.05) is 12.4 Å². The number of ether oxygens (including phenoxy) is 1. The van der Waals surface area contributed by atoms with E-state index < -0.39 is 0 Å². The first kappa shape index (κ1) is 13.4. The zero-order chi connectivity index (χ0) is 15.6. The lowest BCUT2D eigenvalue weighted by atomic mass is 10.1. The number of hydrogen-bond donors (Lipinski definition) is 2. The first-order valence-electron chi connectivity index (χ1n) is 7.13. The van der Waals surface area contributed by atoms with E-state index in [1.165, 1.54) is 0 Å². The van der Waals surface area contributed by atoms with E-state index in [1.54, 1.807) is 19.5 Å². The van der Waals surface area contributed by atoms with Gasteiger partial charge in [0.1, 0.15) is 5.75 Å². The molecule has 0 saturated heterocycles. The Hall–Kier alpha value is -3.28. The van der Waals surface area contributed by atoms with Crippen LogP contribution in [0.4, 0.5) is 11.7 Å². The Kier molecular flexibility index (Phi) is 3.20. The number of fused-ring (bicyclic) bond motifs is 1. The Morgan fingerprint density at radius 2 is 2.04 bits per heavy atom. The maximum atomic E-state index is 5.78. The smallest absolute Gasteiger partial charge is 0.299 e. The molecule has 2 aromatic heterocycles. The van der Waals surface area contributed by atoms with Crippen LogP contribution in [0.2, 0.25) is 0 Å². The molecule has 0 unspecified atom stereocenters. The van der Waals surface area contributed by atoms with Gasteiger partial charge < -0.3 is 14.5 Å². The molecule has 2 aromatic carbocycles. The fraction of sp³-hybridized carbons (Fsp3) is 0.0588. The fourth-order valence-electron chi connectivity index (χ4n) is 2.45. The second-order valence-corrected chi connectivity index (χ2v) is 5.03. The lowest BCUT2D eigenvalue weighted by Gasteiger charge is -2.05. The number of aromatic amines is 1. The van der Waals surface area contributed by atoms with Gasteiger partial charge in [-0.1, -0.05) is 12.1 Å². The second kappa shape index (κ2) is 5.49. The highest BCUT2D eigenvalue weighted by atomic mass is 16.5. The molecule has 114 valence electrons. The Bertz CT molecular complexity index is 958. The molecule has 23 heavy (non-hydrogen) atoms. The molecule has 0 aliphatic carbocycles. The summed E-state index contributed by atoms with van der Waals surface area (Å²) in [6.45, 7) is 0. The van der Waals surface area contributed by atoms with E-state index in [9.17, 15) is 0 Å². The number of oxazole rings is 1. The van der Waals surface area contributed by atoms with E-state index in [0.29, 0.717) is 11.8 Å². The van der Waals surface area contributed by atoms with Gasteiger partial charge >= 0.3 is 0 Å². The number of anilines is 2. The lowest BCUT2D eigenvalue weighted by Crippen LogP contribution is -1.89. The van der Waals surface area contributed by atoms with E-state index in [0.717, 1.165) is 27.9 Å². The van der Waals surface area contributed by atoms with Gasteiger partial charge in [0, 0.05) is 11.1 Å². The normalized spacial score (nSPS) is 10.8. The van der Waals surface area contributed by atoms with Crippen molar-refractivity contribution in [3.63, 3.8) is 0 Å². The van der Waals surface area contributed by atoms with Crippen LogP contribution in [-0.4, -0.2) is 22.3 Å². The monoisotopic (exact) mass is 306 g/mol. The number of methoxy groups -OCH3 is 1. The summed E-state index contributed by atoms with van der Waals surface area (Å²) in [6.07, 6.45) is 3.45. The number of nitrogens with zero attached hydrogens (tertiary/aromatic N) is 2. The van der Waals surface area contributed by atoms with Crippen molar-refractivity contribution in [2.45, 2.75) is 0 Å². The SMILES string of the molecule is COc1ccccc1-c1cnc(Nc2ccc3[nH]ncc3c2)o1. The highest BCUT2D eigenvalue weighted by molar-refractivity contribution is 5.82. The highest BCUT2D eigenvalue weighted by Crippen LogP contribution is 2.31. The standard InChI is InChI=1S/C17H14N4O2/c1-22-15-5-3-2-4-13(15)16-10-18-17(23-16)20-12-6-7-14-11(8-12)9-19-21-14/h2-10H,1H3,(H,18,20)(H,19,21). The van der Waals surface area contributed by atoms with Gasteiger partial charge in [0.05, 0.1) is 30.6 Å². The molecule has 0 radical (unpaired) electrons. The zero-order valence-corrected chi connectivity index (χ0v) is 12.4. The summed E-state index contributed by atoms with van der Waals surface area (Å²) in [5.41, 5.74) is 2.73. The van der Waals surface area contributed by atoms with Gasteiger partial charge in [-0.15, -0.1) is 0 Å². The molecule has 4 rings (SSSR count). The molecule has 2 heterocycles. The van der Waals surface area contributed by atoms with Crippen LogP contribution >= 0.6 is 0 Å². The number of H-pyrrole nitrogens is 1. The van der Waals surface area contributed by atoms with Gasteiger partial charge in [0.2, 0.25) is 0 Å². The molecule has 0 aliphatic rings. The average Bonchev–Trinajstić information content (AvgIpc) is 3.23. The number of benzene rings is 2. The summed E-state index contributed by atoms with van der Waals surface area (Å²) in [7, 11) is 1.63. The number of nitrogens with one attached hydrogen (secondary N) is 2. The summed E-state index contributed by atoms with van der Waals surface area (Å²) in [5, 5.41) is 11.1. The van der Waals surface area contributed by atoms with Gasteiger partial charge in [0.15, 0.2) is 5.76 Å². The summed E-state index contributed by atoms with van der Waals surface area (Å²) >= 11 is 0. The first-order chi connectivity index (χ1) is 11.3. The molecule has 6 nitrogen and oxygen atoms in total. The lowest BCUT2D eigenvalue weighted by molar-refractivity contribution is 0.415. The van der Waals surface area contributed by atoms with Crippen molar-refractivity contribution in [3.05, 3.63) is 54.9 Å². The minimum atomic E-state index is 0.425. The number of aromatic nitrogens is 3. The van der Waals surface area contributed by atoms with Gasteiger partial charge in [0.25, 0.3) is 6.01 Å². The molecule has 2 N–H and O–H groups in total. The van der Waals surface area contributed by atoms with Crippen molar-refractivity contribution in [1.29, 1.82) is 0 Å². The van der Waals surface area contributed by atoms with Gasteiger partial charge in [-0.2, -0.15) is 5.10 Å². The van der Waals surface area contributed by atoms with Crippen LogP contribution < -0.4 is 10.1 Å². The van der Waals surface area contributed by atoms with E-state index in [2.05, 4.69) is 20.5 Å². The molecule has 0 atom stereocenters. The largest absolute Gasteiger partial charge is 0.496 e. The third-order valence-electron chi connectivity index (χ3n) is 3.57. The molecule has 0 fully saturated rings. The molecule has 0 amide bonds. The number of hydrogen-bond acceptors (Lipinski definition) is 5. The topological polar surface area (TPSA) is 76.0 Å². The summed E-state index contributed by atoms with van der Waals surface area (Å²) in [5.74, 6) is 1.39. The van der Waals surface area contributed by atoms with Crippen molar-refractivity contribution >= 4 is 22.6 Å². The van der Waals surface area contributed by atoms with Crippen LogP contribution in [-0.2, 0) is 0 Å². The van der Waals surface area contributed by atoms with E-state index >= 15 is 0 Å². The molecule has 4 aromatic rings. The maximum absolute atomic E-state index is 5.78. The van der Waals surface area contributed by atoms with Crippen LogP contribution in [0.3, 0.4) is 0 Å². The van der Waals surface area contributed by atoms with Crippen molar-refractivity contribution in [1.82, 2.24) is 15.2 Å². The Morgan fingerprint density at radius 1 is 1.13 bits per heavy atom. The summed E-state index contributed by atoms with van der Waals surface area (Å²) in [6, 6.07) is 14.0. The van der Waals surface area contributed by atoms with Crippen molar-refractivity contribution in [3.8, 4) is 17.1 Å². The molecular formula is C17H14N4O2. The van der Waals surface area contributed by atoms with Crippen LogP contribution in [0, 0.1) is 0 Å². The van der Waals surface area contributed by atoms with Crippen LogP contribution in [0.5, 0.6) is 5.75 Å². The fourth-order valence-corrected chi connectivity index (χ4v) is 2.45. The molecule has 6 heteroatoms. The molecule has 0 aliphatic heterocycles. The van der Waals surface area contributed by atoms with Gasteiger partial charge in [-0.3, -0.25) is 5.10 Å². The molecular weight excluding hydrogens is 292 g/mol. The van der Waals surface area contributed by atoms with E-state index in [-0.39, 0.29) is 0 Å². The highest BCUT2D eigenvalue weighted by Gasteiger charge is 2.11. The molecule has 0 saturated carbocycles. The average molecular weight is 306 g/mol.